The van der Waals surface area contributed by atoms with Crippen molar-refractivity contribution >= 4 is 29.1 Å². The number of ether oxygens (including phenoxy) is 2. The van der Waals surface area contributed by atoms with E-state index in [4.69, 9.17) is 19.4 Å². The molecule has 56 heavy (non-hydrogen) atoms. The number of likely N-dealkylation sites (tertiary alicyclic amines) is 2. The summed E-state index contributed by atoms with van der Waals surface area (Å²) >= 11 is 0. The van der Waals surface area contributed by atoms with Gasteiger partial charge in [-0.15, -0.1) is 0 Å². The number of alkyl carbamates (subject to hydrolysis) is 1. The quantitative estimate of drug-likeness (QED) is 0.143. The van der Waals surface area contributed by atoms with Gasteiger partial charge in [0.05, 0.1) is 42.1 Å². The second-order valence-corrected chi connectivity index (χ2v) is 16.6. The van der Waals surface area contributed by atoms with Crippen molar-refractivity contribution in [1.29, 1.82) is 0 Å². The van der Waals surface area contributed by atoms with E-state index in [1.165, 1.54) is 7.11 Å². The van der Waals surface area contributed by atoms with Gasteiger partial charge >= 0.3 is 12.2 Å². The summed E-state index contributed by atoms with van der Waals surface area (Å²) in [6.07, 6.45) is 4.27. The molecule has 0 saturated carbocycles. The van der Waals surface area contributed by atoms with E-state index < -0.39 is 17.7 Å². The Morgan fingerprint density at radius 3 is 1.91 bits per heavy atom. The molecule has 0 aliphatic carbocycles. The first-order valence-corrected chi connectivity index (χ1v) is 19.6. The number of benzene rings is 3. The summed E-state index contributed by atoms with van der Waals surface area (Å²) < 4.78 is 10.5. The lowest BCUT2D eigenvalue weighted by atomic mass is 9.99. The fourth-order valence-corrected chi connectivity index (χ4v) is 8.08. The maximum absolute atomic E-state index is 13.8. The molecule has 0 spiro atoms. The van der Waals surface area contributed by atoms with Crippen LogP contribution in [0.3, 0.4) is 0 Å². The van der Waals surface area contributed by atoms with Gasteiger partial charge in [0, 0.05) is 12.1 Å². The largest absolute Gasteiger partial charge is 0.453 e. The number of hydrogen-bond donors (Lipinski definition) is 3. The Hall–Kier alpha value is -5.65. The zero-order valence-corrected chi connectivity index (χ0v) is 33.6. The van der Waals surface area contributed by atoms with Crippen LogP contribution in [-0.2, 0) is 14.3 Å². The van der Waals surface area contributed by atoms with Gasteiger partial charge in [-0.05, 0) is 106 Å². The number of fused-ring (bicyclic) bond motifs is 1. The average Bonchev–Trinajstić information content (AvgIpc) is 3.98. The number of imidazole rings is 2. The summed E-state index contributed by atoms with van der Waals surface area (Å²) in [7, 11) is 1.30. The van der Waals surface area contributed by atoms with Crippen LogP contribution < -0.4 is 5.32 Å². The van der Waals surface area contributed by atoms with Gasteiger partial charge in [-0.3, -0.25) is 9.69 Å². The lowest BCUT2D eigenvalue weighted by Gasteiger charge is -2.32. The molecule has 2 saturated heterocycles. The number of amides is 3. The first-order valence-electron chi connectivity index (χ1n) is 19.6. The monoisotopic (exact) mass is 759 g/mol. The first-order chi connectivity index (χ1) is 26.7. The SMILES string of the molecule is COC(=O)NC(C(=O)N1[C@@H](C)CC[C@H]1c1nc2ccc(-c3ccc(-c4ccc(-c5cnc([C@@H]6CC[C@H](C)N6C(=O)OC(C)(C)C)[nH]5)cc4)cc3)cc2[nH]1)C(C)C. The van der Waals surface area contributed by atoms with Crippen molar-refractivity contribution in [3.8, 4) is 33.5 Å². The first kappa shape index (κ1) is 38.6. The number of aromatic amines is 2. The molecule has 3 amide bonds. The Balaban J connectivity index is 1.04. The maximum Gasteiger partial charge on any atom is 0.411 e. The summed E-state index contributed by atoms with van der Waals surface area (Å²) in [5.74, 6) is 1.28. The highest BCUT2D eigenvalue weighted by molar-refractivity contribution is 5.87. The number of nitrogens with one attached hydrogen (secondary N) is 3. The third kappa shape index (κ3) is 7.87. The Bertz CT molecular complexity index is 2200. The van der Waals surface area contributed by atoms with Crippen molar-refractivity contribution in [2.45, 2.75) is 110 Å². The van der Waals surface area contributed by atoms with E-state index >= 15 is 0 Å². The highest BCUT2D eigenvalue weighted by Crippen LogP contribution is 2.39. The second-order valence-electron chi connectivity index (χ2n) is 16.6. The van der Waals surface area contributed by atoms with E-state index in [0.717, 1.165) is 81.9 Å². The zero-order chi connectivity index (χ0) is 39.9. The minimum absolute atomic E-state index is 0.00866. The summed E-state index contributed by atoms with van der Waals surface area (Å²) in [5, 5.41) is 2.73. The molecule has 12 heteroatoms. The van der Waals surface area contributed by atoms with Crippen molar-refractivity contribution in [1.82, 2.24) is 35.1 Å². The van der Waals surface area contributed by atoms with Crippen LogP contribution in [0, 0.1) is 5.92 Å². The molecule has 3 N–H and O–H groups in total. The summed E-state index contributed by atoms with van der Waals surface area (Å²) in [5.41, 5.74) is 7.43. The third-order valence-corrected chi connectivity index (χ3v) is 11.1. The van der Waals surface area contributed by atoms with Gasteiger partial charge in [-0.1, -0.05) is 68.4 Å². The lowest BCUT2D eigenvalue weighted by Crippen LogP contribution is -2.52. The molecule has 294 valence electrons. The Morgan fingerprint density at radius 2 is 1.32 bits per heavy atom. The number of carbonyl (C=O) groups is 3. The predicted octanol–water partition coefficient (Wildman–Crippen LogP) is 9.18. The molecule has 3 aromatic carbocycles. The van der Waals surface area contributed by atoms with Gasteiger partial charge in [0.15, 0.2) is 0 Å². The minimum Gasteiger partial charge on any atom is -0.453 e. The molecular formula is C44H53N7O5. The molecule has 1 unspecified atom stereocenters. The molecule has 2 aliphatic rings. The van der Waals surface area contributed by atoms with Crippen LogP contribution in [0.5, 0.6) is 0 Å². The van der Waals surface area contributed by atoms with Crippen molar-refractivity contribution in [2.75, 3.05) is 7.11 Å². The highest BCUT2D eigenvalue weighted by atomic mass is 16.6. The number of nitrogens with zero attached hydrogens (tertiary/aromatic N) is 4. The second kappa shape index (κ2) is 15.5. The Morgan fingerprint density at radius 1 is 0.768 bits per heavy atom. The molecule has 5 atom stereocenters. The number of carbonyl (C=O) groups excluding carboxylic acids is 3. The van der Waals surface area contributed by atoms with E-state index in [2.05, 4.69) is 82.9 Å². The number of H-pyrrole nitrogens is 2. The van der Waals surface area contributed by atoms with Crippen LogP contribution >= 0.6 is 0 Å². The topological polar surface area (TPSA) is 146 Å². The zero-order valence-electron chi connectivity index (χ0n) is 33.6. The molecular weight excluding hydrogens is 707 g/mol. The van der Waals surface area contributed by atoms with Crippen LogP contribution in [0.15, 0.2) is 72.9 Å². The van der Waals surface area contributed by atoms with Crippen molar-refractivity contribution in [3.63, 3.8) is 0 Å². The number of aromatic nitrogens is 4. The summed E-state index contributed by atoms with van der Waals surface area (Å²) in [6.45, 7) is 13.6. The fourth-order valence-electron chi connectivity index (χ4n) is 8.08. The lowest BCUT2D eigenvalue weighted by molar-refractivity contribution is -0.137. The van der Waals surface area contributed by atoms with E-state index in [9.17, 15) is 14.4 Å². The average molecular weight is 760 g/mol. The number of rotatable bonds is 8. The molecule has 7 rings (SSSR count). The normalized spacial score (nSPS) is 20.4. The summed E-state index contributed by atoms with van der Waals surface area (Å²) in [4.78, 5) is 59.2. The van der Waals surface area contributed by atoms with E-state index in [-0.39, 0.29) is 42.1 Å². The molecule has 12 nitrogen and oxygen atoms in total. The summed E-state index contributed by atoms with van der Waals surface area (Å²) in [6, 6.07) is 22.1. The van der Waals surface area contributed by atoms with Crippen molar-refractivity contribution < 1.29 is 23.9 Å². The Labute approximate surface area is 328 Å². The van der Waals surface area contributed by atoms with E-state index in [1.54, 1.807) is 0 Å². The number of methoxy groups -OCH3 is 1. The van der Waals surface area contributed by atoms with Gasteiger partial charge in [-0.25, -0.2) is 19.6 Å². The maximum atomic E-state index is 13.8. The number of hydrogen-bond acceptors (Lipinski definition) is 7. The highest BCUT2D eigenvalue weighted by Gasteiger charge is 2.42. The van der Waals surface area contributed by atoms with Crippen molar-refractivity contribution in [2.24, 2.45) is 5.92 Å². The van der Waals surface area contributed by atoms with Gasteiger partial charge in [-0.2, -0.15) is 0 Å². The van der Waals surface area contributed by atoms with Crippen LogP contribution in [0.25, 0.3) is 44.5 Å². The van der Waals surface area contributed by atoms with Gasteiger partial charge in [0.2, 0.25) is 5.91 Å². The van der Waals surface area contributed by atoms with Crippen LogP contribution in [0.1, 0.15) is 97.9 Å². The molecule has 2 aliphatic heterocycles. The van der Waals surface area contributed by atoms with Gasteiger partial charge in [0.1, 0.15) is 23.3 Å². The van der Waals surface area contributed by atoms with Crippen LogP contribution in [-0.4, -0.2) is 78.7 Å². The Kier molecular flexibility index (Phi) is 10.7. The smallest absolute Gasteiger partial charge is 0.411 e. The van der Waals surface area contributed by atoms with E-state index in [1.807, 2.05) is 63.6 Å². The third-order valence-electron chi connectivity index (χ3n) is 11.1. The van der Waals surface area contributed by atoms with Gasteiger partial charge in [0.25, 0.3) is 0 Å². The van der Waals surface area contributed by atoms with Crippen LogP contribution in [0.4, 0.5) is 9.59 Å². The molecule has 4 heterocycles. The minimum atomic E-state index is -0.697. The molecule has 0 bridgehead atoms. The van der Waals surface area contributed by atoms with Crippen molar-refractivity contribution in [3.05, 3.63) is 84.6 Å². The molecule has 2 aromatic heterocycles. The molecule has 0 radical (unpaired) electrons. The predicted molar refractivity (Wildman–Crippen MR) is 217 cm³/mol. The van der Waals surface area contributed by atoms with Gasteiger partial charge < -0.3 is 29.7 Å². The van der Waals surface area contributed by atoms with Crippen LogP contribution in [0.2, 0.25) is 0 Å². The standard InChI is InChI=1S/C44H53N7O5/c1-25(2)38(49-42(53)55-8)41(52)50-26(3)9-22-37(50)40-46-33-20-19-32(23-34(33)47-40)30-13-11-28(12-14-30)29-15-17-31(18-16-29)35-24-45-39(48-35)36-21-10-27(4)51(36)43(54)56-44(5,6)7/h11-20,23-27,36-38H,9-10,21-22H2,1-8H3,(H,45,48)(H,46,47)(H,49,53)/t26-,27-,36-,37-,38?/m0/s1. The molecule has 2 fully saturated rings. The van der Waals surface area contributed by atoms with E-state index in [0.29, 0.717) is 0 Å². The fraction of sp³-hybridized carbons (Fsp3) is 0.432. The molecule has 5 aromatic rings.